The molecular formula is C13H20N2. The van der Waals surface area contributed by atoms with Gasteiger partial charge in [0.1, 0.15) is 0 Å². The van der Waals surface area contributed by atoms with E-state index in [9.17, 15) is 0 Å². The maximum absolute atomic E-state index is 5.79. The molecule has 1 saturated heterocycles. The Kier molecular flexibility index (Phi) is 2.85. The number of nitrogen functional groups attached to an aromatic ring is 1. The van der Waals surface area contributed by atoms with Crippen molar-refractivity contribution in [1.82, 2.24) is 0 Å². The fourth-order valence-corrected chi connectivity index (χ4v) is 2.29. The zero-order valence-electron chi connectivity index (χ0n) is 9.61. The number of hydrogen-bond donors (Lipinski definition) is 1. The monoisotopic (exact) mass is 204 g/mol. The highest BCUT2D eigenvalue weighted by Crippen LogP contribution is 2.28. The summed E-state index contributed by atoms with van der Waals surface area (Å²) in [6.45, 7) is 6.98. The molecule has 0 spiro atoms. The van der Waals surface area contributed by atoms with Crippen LogP contribution in [-0.2, 0) is 0 Å². The highest BCUT2D eigenvalue weighted by atomic mass is 15.1. The van der Waals surface area contributed by atoms with Gasteiger partial charge < -0.3 is 10.6 Å². The Bertz CT molecular complexity index is 333. The van der Waals surface area contributed by atoms with Gasteiger partial charge in [0.2, 0.25) is 0 Å². The first-order chi connectivity index (χ1) is 7.16. The van der Waals surface area contributed by atoms with Gasteiger partial charge in [-0.25, -0.2) is 0 Å². The van der Waals surface area contributed by atoms with E-state index in [2.05, 4.69) is 30.9 Å². The van der Waals surface area contributed by atoms with Gasteiger partial charge in [0.25, 0.3) is 0 Å². The summed E-state index contributed by atoms with van der Waals surface area (Å²) in [6, 6.07) is 8.20. The molecular weight excluding hydrogens is 184 g/mol. The summed E-state index contributed by atoms with van der Waals surface area (Å²) in [6.07, 6.45) is 1.31. The predicted molar refractivity (Wildman–Crippen MR) is 66.0 cm³/mol. The van der Waals surface area contributed by atoms with Gasteiger partial charge in [-0.3, -0.25) is 0 Å². The summed E-state index contributed by atoms with van der Waals surface area (Å²) in [5.41, 5.74) is 7.93. The maximum Gasteiger partial charge on any atom is 0.0386 e. The fraction of sp³-hybridized carbons (Fsp3) is 0.538. The lowest BCUT2D eigenvalue weighted by Gasteiger charge is -2.20. The third-order valence-electron chi connectivity index (χ3n) is 3.40. The third kappa shape index (κ3) is 2.25. The highest BCUT2D eigenvalue weighted by molar-refractivity contribution is 5.56. The molecule has 1 fully saturated rings. The normalized spacial score (nSPS) is 21.3. The van der Waals surface area contributed by atoms with E-state index in [0.29, 0.717) is 0 Å². The van der Waals surface area contributed by atoms with Gasteiger partial charge in [0.05, 0.1) is 0 Å². The van der Waals surface area contributed by atoms with Crippen molar-refractivity contribution in [2.45, 2.75) is 20.3 Å². The molecule has 0 aromatic heterocycles. The molecule has 15 heavy (non-hydrogen) atoms. The largest absolute Gasteiger partial charge is 0.399 e. The Hall–Kier alpha value is -1.18. The topological polar surface area (TPSA) is 29.3 Å². The SMILES string of the molecule is CC(C)C1CCN(c2cccc(N)c2)C1. The van der Waals surface area contributed by atoms with Crippen LogP contribution in [0.5, 0.6) is 0 Å². The molecule has 1 aliphatic rings. The van der Waals surface area contributed by atoms with E-state index in [1.54, 1.807) is 0 Å². The smallest absolute Gasteiger partial charge is 0.0386 e. The molecule has 0 amide bonds. The summed E-state index contributed by atoms with van der Waals surface area (Å²) in [5.74, 6) is 1.63. The molecule has 0 radical (unpaired) electrons. The zero-order valence-corrected chi connectivity index (χ0v) is 9.61. The second-order valence-electron chi connectivity index (χ2n) is 4.83. The average molecular weight is 204 g/mol. The Morgan fingerprint density at radius 3 is 2.80 bits per heavy atom. The first-order valence-electron chi connectivity index (χ1n) is 5.77. The van der Waals surface area contributed by atoms with Gasteiger partial charge in [-0.15, -0.1) is 0 Å². The first kappa shape index (κ1) is 10.3. The molecule has 1 atom stereocenters. The second kappa shape index (κ2) is 4.13. The lowest BCUT2D eigenvalue weighted by molar-refractivity contribution is 0.423. The molecule has 1 unspecified atom stereocenters. The van der Waals surface area contributed by atoms with E-state index >= 15 is 0 Å². The van der Waals surface area contributed by atoms with Crippen molar-refractivity contribution in [3.05, 3.63) is 24.3 Å². The van der Waals surface area contributed by atoms with Crippen LogP contribution in [0.2, 0.25) is 0 Å². The molecule has 0 aliphatic carbocycles. The third-order valence-corrected chi connectivity index (χ3v) is 3.40. The molecule has 82 valence electrons. The van der Waals surface area contributed by atoms with E-state index < -0.39 is 0 Å². The zero-order chi connectivity index (χ0) is 10.8. The molecule has 1 heterocycles. The quantitative estimate of drug-likeness (QED) is 0.751. The number of nitrogens with two attached hydrogens (primary N) is 1. The number of nitrogens with zero attached hydrogens (tertiary/aromatic N) is 1. The molecule has 2 heteroatoms. The Morgan fingerprint density at radius 2 is 2.20 bits per heavy atom. The summed E-state index contributed by atoms with van der Waals surface area (Å²) in [5, 5.41) is 0. The summed E-state index contributed by atoms with van der Waals surface area (Å²) in [7, 11) is 0. The number of hydrogen-bond acceptors (Lipinski definition) is 2. The minimum absolute atomic E-state index is 0.788. The van der Waals surface area contributed by atoms with Gasteiger partial charge in [0, 0.05) is 24.5 Å². The minimum Gasteiger partial charge on any atom is -0.399 e. The van der Waals surface area contributed by atoms with Crippen LogP contribution < -0.4 is 10.6 Å². The van der Waals surface area contributed by atoms with Crippen LogP contribution in [0.25, 0.3) is 0 Å². The Labute approximate surface area is 92.1 Å². The first-order valence-corrected chi connectivity index (χ1v) is 5.77. The minimum atomic E-state index is 0.788. The standard InChI is InChI=1S/C13H20N2/c1-10(2)11-6-7-15(9-11)13-5-3-4-12(14)8-13/h3-5,8,10-11H,6-7,9,14H2,1-2H3. The molecule has 1 aromatic carbocycles. The maximum atomic E-state index is 5.79. The van der Waals surface area contributed by atoms with Crippen molar-refractivity contribution >= 4 is 11.4 Å². The van der Waals surface area contributed by atoms with Crippen molar-refractivity contribution in [2.24, 2.45) is 11.8 Å². The summed E-state index contributed by atoms with van der Waals surface area (Å²) < 4.78 is 0. The van der Waals surface area contributed by atoms with Gasteiger partial charge in [-0.05, 0) is 36.5 Å². The molecule has 0 bridgehead atoms. The number of rotatable bonds is 2. The van der Waals surface area contributed by atoms with Crippen molar-refractivity contribution in [3.8, 4) is 0 Å². The molecule has 1 aromatic rings. The molecule has 1 aliphatic heterocycles. The van der Waals surface area contributed by atoms with Crippen LogP contribution in [-0.4, -0.2) is 13.1 Å². The molecule has 2 N–H and O–H groups in total. The van der Waals surface area contributed by atoms with Crippen molar-refractivity contribution in [1.29, 1.82) is 0 Å². The number of anilines is 2. The lowest BCUT2D eigenvalue weighted by Crippen LogP contribution is -2.21. The van der Waals surface area contributed by atoms with E-state index in [0.717, 1.165) is 17.5 Å². The van der Waals surface area contributed by atoms with Crippen LogP contribution in [0.3, 0.4) is 0 Å². The fourth-order valence-electron chi connectivity index (χ4n) is 2.29. The van der Waals surface area contributed by atoms with Crippen LogP contribution in [0, 0.1) is 11.8 Å². The molecule has 2 nitrogen and oxygen atoms in total. The van der Waals surface area contributed by atoms with Crippen molar-refractivity contribution in [2.75, 3.05) is 23.7 Å². The average Bonchev–Trinajstić information content (AvgIpc) is 2.66. The van der Waals surface area contributed by atoms with Gasteiger partial charge in [-0.2, -0.15) is 0 Å². The van der Waals surface area contributed by atoms with Crippen LogP contribution in [0.4, 0.5) is 11.4 Å². The van der Waals surface area contributed by atoms with E-state index in [-0.39, 0.29) is 0 Å². The number of benzene rings is 1. The van der Waals surface area contributed by atoms with Gasteiger partial charge in [0.15, 0.2) is 0 Å². The van der Waals surface area contributed by atoms with Gasteiger partial charge in [-0.1, -0.05) is 19.9 Å². The molecule has 0 saturated carbocycles. The second-order valence-corrected chi connectivity index (χ2v) is 4.83. The van der Waals surface area contributed by atoms with Crippen molar-refractivity contribution < 1.29 is 0 Å². The van der Waals surface area contributed by atoms with Gasteiger partial charge >= 0.3 is 0 Å². The Morgan fingerprint density at radius 1 is 1.40 bits per heavy atom. The lowest BCUT2D eigenvalue weighted by atomic mass is 9.95. The molecule has 2 rings (SSSR count). The Balaban J connectivity index is 2.08. The van der Waals surface area contributed by atoms with E-state index in [1.165, 1.54) is 25.2 Å². The van der Waals surface area contributed by atoms with Crippen LogP contribution in [0.1, 0.15) is 20.3 Å². The summed E-state index contributed by atoms with van der Waals surface area (Å²) in [4.78, 5) is 2.45. The van der Waals surface area contributed by atoms with Crippen LogP contribution in [0.15, 0.2) is 24.3 Å². The van der Waals surface area contributed by atoms with E-state index in [4.69, 9.17) is 5.73 Å². The highest BCUT2D eigenvalue weighted by Gasteiger charge is 2.24. The van der Waals surface area contributed by atoms with Crippen molar-refractivity contribution in [3.63, 3.8) is 0 Å². The summed E-state index contributed by atoms with van der Waals surface area (Å²) >= 11 is 0. The van der Waals surface area contributed by atoms with E-state index in [1.807, 2.05) is 12.1 Å². The van der Waals surface area contributed by atoms with Crippen LogP contribution >= 0.6 is 0 Å². The predicted octanol–water partition coefficient (Wildman–Crippen LogP) is 2.75.